The number of carbonyl (C=O) groups excluding carboxylic acids is 2. The molecule has 6 nitrogen and oxygen atoms in total. The van der Waals surface area contributed by atoms with Crippen LogP contribution in [0.2, 0.25) is 0 Å². The number of aromatic nitrogens is 2. The molecule has 0 aliphatic carbocycles. The first-order valence-corrected chi connectivity index (χ1v) is 7.91. The van der Waals surface area contributed by atoms with E-state index in [2.05, 4.69) is 10.4 Å². The number of esters is 1. The highest BCUT2D eigenvalue weighted by Crippen LogP contribution is 2.33. The summed E-state index contributed by atoms with van der Waals surface area (Å²) in [6.45, 7) is 8.44. The molecular formula is C15H19N3O3S. The molecule has 0 spiro atoms. The van der Waals surface area contributed by atoms with Crippen LogP contribution in [0.1, 0.15) is 45.1 Å². The molecule has 0 unspecified atom stereocenters. The Labute approximate surface area is 133 Å². The molecule has 0 radical (unpaired) electrons. The third kappa shape index (κ3) is 3.19. The van der Waals surface area contributed by atoms with E-state index in [4.69, 9.17) is 4.74 Å². The molecule has 2 heterocycles. The van der Waals surface area contributed by atoms with Gasteiger partial charge in [-0.1, -0.05) is 0 Å². The van der Waals surface area contributed by atoms with Gasteiger partial charge in [-0.15, -0.1) is 11.3 Å². The predicted octanol–water partition coefficient (Wildman–Crippen LogP) is 3.01. The summed E-state index contributed by atoms with van der Waals surface area (Å²) in [5.74, 6) is -0.752. The van der Waals surface area contributed by atoms with Gasteiger partial charge >= 0.3 is 5.97 Å². The van der Waals surface area contributed by atoms with Crippen molar-refractivity contribution in [3.63, 3.8) is 0 Å². The van der Waals surface area contributed by atoms with Crippen LogP contribution in [0.4, 0.5) is 5.00 Å². The van der Waals surface area contributed by atoms with Gasteiger partial charge in [0.15, 0.2) is 5.69 Å². The second-order valence-corrected chi connectivity index (χ2v) is 5.94. The highest BCUT2D eigenvalue weighted by atomic mass is 32.1. The molecular weight excluding hydrogens is 302 g/mol. The lowest BCUT2D eigenvalue weighted by Gasteiger charge is -2.06. The zero-order valence-corrected chi connectivity index (χ0v) is 13.9. The number of hydrogen-bond donors (Lipinski definition) is 1. The number of ether oxygens (including phenoxy) is 1. The van der Waals surface area contributed by atoms with Gasteiger partial charge in [-0.3, -0.25) is 9.48 Å². The van der Waals surface area contributed by atoms with Crippen molar-refractivity contribution >= 4 is 28.2 Å². The van der Waals surface area contributed by atoms with E-state index < -0.39 is 5.97 Å². The summed E-state index contributed by atoms with van der Waals surface area (Å²) in [5.41, 5.74) is 1.57. The number of nitrogens with zero attached hydrogens (tertiary/aromatic N) is 2. The van der Waals surface area contributed by atoms with Gasteiger partial charge in [0.05, 0.1) is 12.2 Å². The Kier molecular flexibility index (Phi) is 4.97. The zero-order chi connectivity index (χ0) is 16.3. The van der Waals surface area contributed by atoms with E-state index in [0.717, 1.165) is 10.4 Å². The smallest absolute Gasteiger partial charge is 0.341 e. The zero-order valence-electron chi connectivity index (χ0n) is 13.1. The van der Waals surface area contributed by atoms with Gasteiger partial charge in [0, 0.05) is 17.6 Å². The number of anilines is 1. The average molecular weight is 321 g/mol. The Morgan fingerprint density at radius 3 is 2.68 bits per heavy atom. The Balaban J connectivity index is 2.27. The van der Waals surface area contributed by atoms with Crippen LogP contribution in [0.5, 0.6) is 0 Å². The van der Waals surface area contributed by atoms with Crippen LogP contribution in [0.25, 0.3) is 0 Å². The normalized spacial score (nSPS) is 10.5. The molecule has 22 heavy (non-hydrogen) atoms. The number of carbonyl (C=O) groups is 2. The van der Waals surface area contributed by atoms with Crippen molar-refractivity contribution in [3.05, 3.63) is 34.0 Å². The first kappa shape index (κ1) is 16.2. The molecule has 0 aliphatic rings. The Hall–Kier alpha value is -2.15. The maximum atomic E-state index is 12.3. The largest absolute Gasteiger partial charge is 0.462 e. The SMILES string of the molecule is CCOC(=O)c1c(NC(=O)c2ccn(CC)n2)sc(C)c1C. The summed E-state index contributed by atoms with van der Waals surface area (Å²) in [4.78, 5) is 25.3. The van der Waals surface area contributed by atoms with E-state index in [1.54, 1.807) is 23.9 Å². The fraction of sp³-hybridized carbons (Fsp3) is 0.400. The minimum absolute atomic E-state index is 0.293. The molecule has 2 rings (SSSR count). The van der Waals surface area contributed by atoms with Crippen LogP contribution >= 0.6 is 11.3 Å². The standard InChI is InChI=1S/C15H19N3O3S/c1-5-18-8-7-11(17-18)13(19)16-14-12(15(20)21-6-2)9(3)10(4)22-14/h7-8H,5-6H2,1-4H3,(H,16,19). The summed E-state index contributed by atoms with van der Waals surface area (Å²) in [5, 5.41) is 7.43. The van der Waals surface area contributed by atoms with Gasteiger partial charge < -0.3 is 10.1 Å². The summed E-state index contributed by atoms with van der Waals surface area (Å²) in [7, 11) is 0. The molecule has 0 aliphatic heterocycles. The Bertz CT molecular complexity index is 703. The Morgan fingerprint density at radius 2 is 2.09 bits per heavy atom. The fourth-order valence-electron chi connectivity index (χ4n) is 1.99. The molecule has 118 valence electrons. The number of amides is 1. The van der Waals surface area contributed by atoms with Crippen LogP contribution in [0, 0.1) is 13.8 Å². The van der Waals surface area contributed by atoms with Crippen LogP contribution in [-0.4, -0.2) is 28.3 Å². The minimum atomic E-state index is -0.418. The van der Waals surface area contributed by atoms with Gasteiger partial charge in [-0.25, -0.2) is 4.79 Å². The summed E-state index contributed by atoms with van der Waals surface area (Å²) in [6, 6.07) is 1.65. The van der Waals surface area contributed by atoms with Crippen LogP contribution < -0.4 is 5.32 Å². The van der Waals surface area contributed by atoms with E-state index >= 15 is 0 Å². The van der Waals surface area contributed by atoms with Crippen molar-refractivity contribution in [2.45, 2.75) is 34.2 Å². The van der Waals surface area contributed by atoms with Gasteiger partial charge in [-0.05, 0) is 39.3 Å². The van der Waals surface area contributed by atoms with Gasteiger partial charge in [0.2, 0.25) is 0 Å². The molecule has 7 heteroatoms. The molecule has 0 saturated heterocycles. The molecule has 0 bridgehead atoms. The minimum Gasteiger partial charge on any atom is -0.462 e. The number of hydrogen-bond acceptors (Lipinski definition) is 5. The molecule has 0 saturated carbocycles. The Morgan fingerprint density at radius 1 is 1.36 bits per heavy atom. The maximum absolute atomic E-state index is 12.3. The topological polar surface area (TPSA) is 73.2 Å². The summed E-state index contributed by atoms with van der Waals surface area (Å²) < 4.78 is 6.74. The average Bonchev–Trinajstić information content (AvgIpc) is 3.05. The first-order valence-electron chi connectivity index (χ1n) is 7.09. The second kappa shape index (κ2) is 6.74. The third-order valence-corrected chi connectivity index (χ3v) is 4.41. The molecule has 1 N–H and O–H groups in total. The highest BCUT2D eigenvalue weighted by molar-refractivity contribution is 7.16. The monoisotopic (exact) mass is 321 g/mol. The lowest BCUT2D eigenvalue weighted by Crippen LogP contribution is -2.15. The van der Waals surface area contributed by atoms with Gasteiger partial charge in [0.25, 0.3) is 5.91 Å². The lowest BCUT2D eigenvalue weighted by atomic mass is 10.1. The van der Waals surface area contributed by atoms with Crippen molar-refractivity contribution in [2.75, 3.05) is 11.9 Å². The molecule has 0 aromatic carbocycles. The van der Waals surface area contributed by atoms with Crippen LogP contribution in [-0.2, 0) is 11.3 Å². The maximum Gasteiger partial charge on any atom is 0.341 e. The predicted molar refractivity (Wildman–Crippen MR) is 85.6 cm³/mol. The summed E-state index contributed by atoms with van der Waals surface area (Å²) in [6.07, 6.45) is 1.74. The third-order valence-electron chi connectivity index (χ3n) is 3.29. The van der Waals surface area contributed by atoms with E-state index in [1.165, 1.54) is 11.3 Å². The molecule has 0 fully saturated rings. The summed E-state index contributed by atoms with van der Waals surface area (Å²) >= 11 is 1.36. The fourth-order valence-corrected chi connectivity index (χ4v) is 3.03. The van der Waals surface area contributed by atoms with Crippen molar-refractivity contribution in [3.8, 4) is 0 Å². The van der Waals surface area contributed by atoms with Gasteiger partial charge in [-0.2, -0.15) is 5.10 Å². The number of aryl methyl sites for hydroxylation is 2. The molecule has 2 aromatic heterocycles. The highest BCUT2D eigenvalue weighted by Gasteiger charge is 2.23. The molecule has 2 aromatic rings. The van der Waals surface area contributed by atoms with Crippen molar-refractivity contribution in [1.82, 2.24) is 9.78 Å². The van der Waals surface area contributed by atoms with Crippen LogP contribution in [0.3, 0.4) is 0 Å². The quantitative estimate of drug-likeness (QED) is 0.859. The molecule has 0 atom stereocenters. The van der Waals surface area contributed by atoms with Crippen molar-refractivity contribution < 1.29 is 14.3 Å². The van der Waals surface area contributed by atoms with E-state index in [-0.39, 0.29) is 5.91 Å². The lowest BCUT2D eigenvalue weighted by molar-refractivity contribution is 0.0527. The van der Waals surface area contributed by atoms with E-state index in [9.17, 15) is 9.59 Å². The number of thiophene rings is 1. The number of rotatable bonds is 5. The van der Waals surface area contributed by atoms with Crippen molar-refractivity contribution in [1.29, 1.82) is 0 Å². The number of nitrogens with one attached hydrogen (secondary N) is 1. The molecule has 1 amide bonds. The van der Waals surface area contributed by atoms with Gasteiger partial charge in [0.1, 0.15) is 5.00 Å². The van der Waals surface area contributed by atoms with Crippen molar-refractivity contribution in [2.24, 2.45) is 0 Å². The second-order valence-electron chi connectivity index (χ2n) is 4.72. The van der Waals surface area contributed by atoms with Crippen LogP contribution in [0.15, 0.2) is 12.3 Å². The van der Waals surface area contributed by atoms with E-state index in [0.29, 0.717) is 29.4 Å². The van der Waals surface area contributed by atoms with E-state index in [1.807, 2.05) is 20.8 Å². The first-order chi connectivity index (χ1) is 10.5.